The first-order valence-corrected chi connectivity index (χ1v) is 11.9. The molecule has 0 radical (unpaired) electrons. The maximum absolute atomic E-state index is 13.3. The van der Waals surface area contributed by atoms with Crippen molar-refractivity contribution in [3.05, 3.63) is 69.9 Å². The van der Waals surface area contributed by atoms with Crippen molar-refractivity contribution in [2.45, 2.75) is 51.6 Å². The molecule has 4 nitrogen and oxygen atoms in total. The third-order valence-electron chi connectivity index (χ3n) is 4.84. The molecule has 0 spiro atoms. The zero-order valence-corrected chi connectivity index (χ0v) is 19.9. The fourth-order valence-electron chi connectivity index (χ4n) is 2.75. The van der Waals surface area contributed by atoms with Gasteiger partial charge < -0.3 is 10.2 Å². The highest BCUT2D eigenvalue weighted by atomic mass is 79.9. The quantitative estimate of drug-likeness (QED) is 0.496. The Morgan fingerprint density at radius 1 is 1.07 bits per heavy atom. The third-order valence-corrected chi connectivity index (χ3v) is 6.36. The van der Waals surface area contributed by atoms with Crippen LogP contribution in [0.25, 0.3) is 0 Å². The van der Waals surface area contributed by atoms with Gasteiger partial charge >= 0.3 is 0 Å². The van der Waals surface area contributed by atoms with Crippen molar-refractivity contribution >= 4 is 39.5 Å². The average molecular weight is 495 g/mol. The summed E-state index contributed by atoms with van der Waals surface area (Å²) < 4.78 is 14.3. The Morgan fingerprint density at radius 2 is 1.67 bits per heavy atom. The van der Waals surface area contributed by atoms with Gasteiger partial charge in [-0.2, -0.15) is 0 Å². The summed E-state index contributed by atoms with van der Waals surface area (Å²) in [6, 6.07) is 13.4. The van der Waals surface area contributed by atoms with Gasteiger partial charge in [-0.05, 0) is 55.7 Å². The first kappa shape index (κ1) is 24.4. The molecular formula is C23H28BrFN2O2S. The molecule has 0 saturated heterocycles. The van der Waals surface area contributed by atoms with Gasteiger partial charge in [-0.1, -0.05) is 47.1 Å². The SMILES string of the molecule is CC[C@H](C)NC(=O)[C@@H](C)N(Cc1ccc(F)cc1)C(=O)CSCc1ccc(Br)cc1. The number of thioether (sulfide) groups is 1. The largest absolute Gasteiger partial charge is 0.352 e. The molecule has 2 atom stereocenters. The van der Waals surface area contributed by atoms with Gasteiger partial charge in [0.15, 0.2) is 0 Å². The predicted octanol–water partition coefficient (Wildman–Crippen LogP) is 5.15. The van der Waals surface area contributed by atoms with E-state index >= 15 is 0 Å². The van der Waals surface area contributed by atoms with Crippen LogP contribution in [0.3, 0.4) is 0 Å². The monoisotopic (exact) mass is 494 g/mol. The summed E-state index contributed by atoms with van der Waals surface area (Å²) in [5.74, 6) is 0.338. The molecule has 2 aromatic rings. The lowest BCUT2D eigenvalue weighted by Gasteiger charge is -2.29. The highest BCUT2D eigenvalue weighted by Crippen LogP contribution is 2.18. The van der Waals surface area contributed by atoms with Gasteiger partial charge in [0.2, 0.25) is 11.8 Å². The first-order chi connectivity index (χ1) is 14.3. The lowest BCUT2D eigenvalue weighted by Crippen LogP contribution is -2.50. The molecule has 2 rings (SSSR count). The number of hydrogen-bond donors (Lipinski definition) is 1. The van der Waals surface area contributed by atoms with E-state index in [0.717, 1.165) is 22.0 Å². The number of halogens is 2. The summed E-state index contributed by atoms with van der Waals surface area (Å²) in [6.07, 6.45) is 0.813. The molecule has 0 aliphatic heterocycles. The Balaban J connectivity index is 2.06. The van der Waals surface area contributed by atoms with Gasteiger partial charge in [0.1, 0.15) is 11.9 Å². The summed E-state index contributed by atoms with van der Waals surface area (Å²) >= 11 is 4.93. The maximum Gasteiger partial charge on any atom is 0.242 e. The molecule has 162 valence electrons. The Labute approximate surface area is 190 Å². The second kappa shape index (κ2) is 12.1. The molecule has 7 heteroatoms. The van der Waals surface area contributed by atoms with E-state index in [0.29, 0.717) is 5.75 Å². The second-order valence-corrected chi connectivity index (χ2v) is 9.16. The topological polar surface area (TPSA) is 49.4 Å². The molecule has 0 bridgehead atoms. The molecule has 0 fully saturated rings. The molecule has 0 aromatic heterocycles. The second-order valence-electron chi connectivity index (χ2n) is 7.26. The summed E-state index contributed by atoms with van der Waals surface area (Å²) in [5, 5.41) is 2.94. The Morgan fingerprint density at radius 3 is 2.27 bits per heavy atom. The van der Waals surface area contributed by atoms with Crippen LogP contribution in [0.15, 0.2) is 53.0 Å². The Bertz CT molecular complexity index is 830. The minimum Gasteiger partial charge on any atom is -0.352 e. The number of rotatable bonds is 10. The molecule has 0 saturated carbocycles. The lowest BCUT2D eigenvalue weighted by atomic mass is 10.1. The average Bonchev–Trinajstić information content (AvgIpc) is 2.74. The van der Waals surface area contributed by atoms with Gasteiger partial charge in [0.05, 0.1) is 5.75 Å². The summed E-state index contributed by atoms with van der Waals surface area (Å²) in [6.45, 7) is 5.92. The summed E-state index contributed by atoms with van der Waals surface area (Å²) in [5.41, 5.74) is 1.91. The minimum atomic E-state index is -0.621. The Kier molecular flexibility index (Phi) is 9.85. The van der Waals surface area contributed by atoms with E-state index in [1.165, 1.54) is 23.9 Å². The fourth-order valence-corrected chi connectivity index (χ4v) is 3.89. The van der Waals surface area contributed by atoms with E-state index in [1.807, 2.05) is 38.1 Å². The van der Waals surface area contributed by atoms with Gasteiger partial charge in [-0.3, -0.25) is 9.59 Å². The van der Waals surface area contributed by atoms with Gasteiger partial charge in [-0.25, -0.2) is 4.39 Å². The zero-order valence-electron chi connectivity index (χ0n) is 17.5. The van der Waals surface area contributed by atoms with Crippen LogP contribution in [-0.4, -0.2) is 34.6 Å². The van der Waals surface area contributed by atoms with Gasteiger partial charge in [0, 0.05) is 22.8 Å². The molecule has 1 N–H and O–H groups in total. The van der Waals surface area contributed by atoms with Gasteiger partial charge in [0.25, 0.3) is 0 Å². The van der Waals surface area contributed by atoms with E-state index in [4.69, 9.17) is 0 Å². The van der Waals surface area contributed by atoms with E-state index in [-0.39, 0.29) is 36.0 Å². The van der Waals surface area contributed by atoms with Crippen LogP contribution < -0.4 is 5.32 Å². The summed E-state index contributed by atoms with van der Waals surface area (Å²) in [7, 11) is 0. The molecular weight excluding hydrogens is 467 g/mol. The zero-order chi connectivity index (χ0) is 22.1. The number of carbonyl (C=O) groups is 2. The molecule has 2 amide bonds. The standard InChI is InChI=1S/C23H28BrFN2O2S/c1-4-16(2)26-23(29)17(3)27(13-18-7-11-21(25)12-8-18)22(28)15-30-14-19-5-9-20(24)10-6-19/h5-12,16-17H,4,13-15H2,1-3H3,(H,26,29)/t16-,17+/m0/s1. The molecule has 0 aliphatic carbocycles. The van der Waals surface area contributed by atoms with Crippen molar-refractivity contribution in [1.29, 1.82) is 0 Å². The number of carbonyl (C=O) groups excluding carboxylic acids is 2. The fraction of sp³-hybridized carbons (Fsp3) is 0.391. The van der Waals surface area contributed by atoms with Crippen LogP contribution >= 0.6 is 27.7 Å². The van der Waals surface area contributed by atoms with Crippen LogP contribution in [0.4, 0.5) is 4.39 Å². The minimum absolute atomic E-state index is 0.0366. The van der Waals surface area contributed by atoms with Crippen molar-refractivity contribution in [3.63, 3.8) is 0 Å². The highest BCUT2D eigenvalue weighted by molar-refractivity contribution is 9.10. The van der Waals surface area contributed by atoms with Crippen LogP contribution in [0, 0.1) is 5.82 Å². The Hall–Kier alpha value is -1.86. The molecule has 30 heavy (non-hydrogen) atoms. The molecule has 0 aliphatic rings. The van der Waals surface area contributed by atoms with Gasteiger partial charge in [-0.15, -0.1) is 11.8 Å². The first-order valence-electron chi connectivity index (χ1n) is 9.96. The van der Waals surface area contributed by atoms with Crippen LogP contribution in [0.1, 0.15) is 38.3 Å². The van der Waals surface area contributed by atoms with Crippen molar-refractivity contribution in [1.82, 2.24) is 10.2 Å². The number of nitrogens with zero attached hydrogens (tertiary/aromatic N) is 1. The maximum atomic E-state index is 13.3. The van der Waals surface area contributed by atoms with Crippen molar-refractivity contribution < 1.29 is 14.0 Å². The number of nitrogens with one attached hydrogen (secondary N) is 1. The smallest absolute Gasteiger partial charge is 0.242 e. The molecule has 0 heterocycles. The van der Waals surface area contributed by atoms with E-state index in [2.05, 4.69) is 21.2 Å². The summed E-state index contributed by atoms with van der Waals surface area (Å²) in [4.78, 5) is 27.2. The van der Waals surface area contributed by atoms with E-state index in [1.54, 1.807) is 24.0 Å². The molecule has 2 aromatic carbocycles. The van der Waals surface area contributed by atoms with Crippen molar-refractivity contribution in [3.8, 4) is 0 Å². The number of benzene rings is 2. The van der Waals surface area contributed by atoms with Crippen LogP contribution in [0.2, 0.25) is 0 Å². The predicted molar refractivity (Wildman–Crippen MR) is 125 cm³/mol. The van der Waals surface area contributed by atoms with Crippen LogP contribution in [0.5, 0.6) is 0 Å². The van der Waals surface area contributed by atoms with Crippen molar-refractivity contribution in [2.75, 3.05) is 5.75 Å². The van der Waals surface area contributed by atoms with Crippen molar-refractivity contribution in [2.24, 2.45) is 0 Å². The van der Waals surface area contributed by atoms with Crippen LogP contribution in [-0.2, 0) is 21.9 Å². The highest BCUT2D eigenvalue weighted by Gasteiger charge is 2.26. The lowest BCUT2D eigenvalue weighted by molar-refractivity contribution is -0.138. The number of amides is 2. The van der Waals surface area contributed by atoms with E-state index in [9.17, 15) is 14.0 Å². The van der Waals surface area contributed by atoms with E-state index < -0.39 is 6.04 Å². The third kappa shape index (κ3) is 7.76. The normalized spacial score (nSPS) is 12.8. The number of hydrogen-bond acceptors (Lipinski definition) is 3. The molecule has 0 unspecified atom stereocenters.